The first kappa shape index (κ1) is 29.4. The van der Waals surface area contributed by atoms with Crippen molar-refractivity contribution in [2.24, 2.45) is 0 Å². The van der Waals surface area contributed by atoms with E-state index in [-0.39, 0.29) is 23.6 Å². The maximum Gasteiger partial charge on any atom is 0.251 e. The van der Waals surface area contributed by atoms with Gasteiger partial charge in [0.1, 0.15) is 11.4 Å². The number of carbonyl (C=O) groups is 1. The molecule has 1 amide bonds. The molecule has 0 radical (unpaired) electrons. The fourth-order valence-corrected chi connectivity index (χ4v) is 3.84. The number of amides is 1. The summed E-state index contributed by atoms with van der Waals surface area (Å²) in [5, 5.41) is 23.1. The van der Waals surface area contributed by atoms with Crippen molar-refractivity contribution in [1.82, 2.24) is 10.3 Å². The van der Waals surface area contributed by atoms with Gasteiger partial charge in [-0.2, -0.15) is 0 Å². The van der Waals surface area contributed by atoms with Gasteiger partial charge in [-0.05, 0) is 66.4 Å². The number of methoxy groups -OCH3 is 1. The van der Waals surface area contributed by atoms with E-state index in [4.69, 9.17) is 26.2 Å². The van der Waals surface area contributed by atoms with Crippen molar-refractivity contribution in [3.05, 3.63) is 76.2 Å². The normalized spacial score (nSPS) is 13.1. The summed E-state index contributed by atoms with van der Waals surface area (Å²) in [6, 6.07) is 12.8. The highest BCUT2D eigenvalue weighted by molar-refractivity contribution is 6.31. The van der Waals surface area contributed by atoms with Gasteiger partial charge in [0.2, 0.25) is 0 Å². The Morgan fingerprint density at radius 2 is 1.82 bits per heavy atom. The Morgan fingerprint density at radius 1 is 1.08 bits per heavy atom. The first-order valence-electron chi connectivity index (χ1n) is 12.3. The number of rotatable bonds is 10. The lowest BCUT2D eigenvalue weighted by Gasteiger charge is -2.27. The molecule has 1 aromatic heterocycles. The van der Waals surface area contributed by atoms with Crippen LogP contribution in [0.1, 0.15) is 55.7 Å². The number of benzene rings is 2. The molecule has 0 saturated heterocycles. The van der Waals surface area contributed by atoms with Crippen molar-refractivity contribution < 1.29 is 28.9 Å². The number of aliphatic hydroxyl groups is 2. The van der Waals surface area contributed by atoms with Gasteiger partial charge in [0.15, 0.2) is 11.5 Å². The molecule has 204 valence electrons. The minimum atomic E-state index is -1.52. The largest absolute Gasteiger partial charge is 0.493 e. The molecule has 1 atom stereocenters. The van der Waals surface area contributed by atoms with Crippen LogP contribution in [-0.4, -0.2) is 48.0 Å². The van der Waals surface area contributed by atoms with E-state index in [1.807, 2.05) is 32.9 Å². The second kappa shape index (κ2) is 12.1. The van der Waals surface area contributed by atoms with Crippen molar-refractivity contribution in [2.45, 2.75) is 45.1 Å². The Labute approximate surface area is 227 Å². The fraction of sp³-hybridized carbons (Fsp3) is 0.379. The van der Waals surface area contributed by atoms with E-state index in [0.717, 1.165) is 5.56 Å². The average Bonchev–Trinajstić information content (AvgIpc) is 2.88. The van der Waals surface area contributed by atoms with Gasteiger partial charge < -0.3 is 25.0 Å². The molecule has 0 bridgehead atoms. The van der Waals surface area contributed by atoms with Gasteiger partial charge in [0, 0.05) is 24.2 Å². The lowest BCUT2D eigenvalue weighted by atomic mass is 9.84. The van der Waals surface area contributed by atoms with Crippen LogP contribution in [0.4, 0.5) is 4.39 Å². The lowest BCUT2D eigenvalue weighted by molar-refractivity contribution is 0.0489. The minimum Gasteiger partial charge on any atom is -0.493 e. The number of aromatic nitrogens is 1. The molecule has 0 spiro atoms. The fourth-order valence-electron chi connectivity index (χ4n) is 3.66. The molecular weight excluding hydrogens is 511 g/mol. The number of aliphatic hydroxyl groups excluding tert-OH is 1. The third-order valence-corrected chi connectivity index (χ3v) is 6.33. The van der Waals surface area contributed by atoms with Gasteiger partial charge in [0.25, 0.3) is 5.91 Å². The van der Waals surface area contributed by atoms with Gasteiger partial charge in [-0.25, -0.2) is 9.37 Å². The molecule has 3 rings (SSSR count). The summed E-state index contributed by atoms with van der Waals surface area (Å²) in [5.41, 5.74) is 0.932. The van der Waals surface area contributed by atoms with Crippen LogP contribution in [0.3, 0.4) is 0 Å². The van der Waals surface area contributed by atoms with E-state index in [9.17, 15) is 14.3 Å². The highest BCUT2D eigenvalue weighted by Gasteiger charge is 2.29. The highest BCUT2D eigenvalue weighted by atomic mass is 35.5. The number of hydrogen-bond acceptors (Lipinski definition) is 6. The third kappa shape index (κ3) is 7.22. The summed E-state index contributed by atoms with van der Waals surface area (Å²) in [7, 11) is 1.47. The van der Waals surface area contributed by atoms with Crippen molar-refractivity contribution >= 4 is 17.5 Å². The quantitative estimate of drug-likeness (QED) is 0.302. The summed E-state index contributed by atoms with van der Waals surface area (Å²) in [6.07, 6.45) is 0.473. The molecule has 2 aromatic carbocycles. The summed E-state index contributed by atoms with van der Waals surface area (Å²) < 4.78 is 24.7. The summed E-state index contributed by atoms with van der Waals surface area (Å²) in [4.78, 5) is 17.6. The molecule has 7 nitrogen and oxygen atoms in total. The van der Waals surface area contributed by atoms with Crippen LogP contribution in [0, 0.1) is 5.82 Å². The van der Waals surface area contributed by atoms with E-state index in [1.54, 1.807) is 31.2 Å². The Kier molecular flexibility index (Phi) is 9.35. The van der Waals surface area contributed by atoms with Crippen LogP contribution in [-0.2, 0) is 11.0 Å². The van der Waals surface area contributed by atoms with Gasteiger partial charge in [-0.15, -0.1) is 0 Å². The van der Waals surface area contributed by atoms with Crippen molar-refractivity contribution in [3.63, 3.8) is 0 Å². The van der Waals surface area contributed by atoms with E-state index < -0.39 is 17.3 Å². The van der Waals surface area contributed by atoms with Crippen molar-refractivity contribution in [3.8, 4) is 22.8 Å². The molecule has 1 unspecified atom stereocenters. The third-order valence-electron chi connectivity index (χ3n) is 6.04. The van der Waals surface area contributed by atoms with Gasteiger partial charge in [0.05, 0.1) is 36.7 Å². The minimum absolute atomic E-state index is 0.00931. The smallest absolute Gasteiger partial charge is 0.251 e. The standard InChI is InChI=1S/C29H34ClFN2O5/c1-28(2,3)20-15-23(18-7-9-22(31)21(30)13-18)33-26(16-20)29(4,36)17-32-27(35)19-8-10-24(25(14-19)37-5)38-12-6-11-34/h7-10,13-16,34,36H,6,11-12,17H2,1-5H3,(H,32,35). The van der Waals surface area contributed by atoms with Gasteiger partial charge >= 0.3 is 0 Å². The second-order valence-electron chi connectivity index (χ2n) is 10.3. The molecule has 3 aromatic rings. The van der Waals surface area contributed by atoms with Crippen LogP contribution in [0.5, 0.6) is 11.5 Å². The molecule has 0 aliphatic carbocycles. The number of halogens is 2. The predicted octanol–water partition coefficient (Wildman–Crippen LogP) is 5.25. The molecule has 3 N–H and O–H groups in total. The summed E-state index contributed by atoms with van der Waals surface area (Å²) >= 11 is 6.00. The van der Waals surface area contributed by atoms with Gasteiger partial charge in [-0.1, -0.05) is 32.4 Å². The Balaban J connectivity index is 1.85. The van der Waals surface area contributed by atoms with Crippen LogP contribution in [0.25, 0.3) is 11.3 Å². The van der Waals surface area contributed by atoms with Crippen LogP contribution < -0.4 is 14.8 Å². The number of carbonyl (C=O) groups excluding carboxylic acids is 1. The monoisotopic (exact) mass is 544 g/mol. The van der Waals surface area contributed by atoms with Crippen molar-refractivity contribution in [2.75, 3.05) is 26.9 Å². The van der Waals surface area contributed by atoms with Crippen LogP contribution in [0.2, 0.25) is 5.02 Å². The molecular formula is C29H34ClFN2O5. The Morgan fingerprint density at radius 3 is 2.45 bits per heavy atom. The average molecular weight is 545 g/mol. The summed E-state index contributed by atoms with van der Waals surface area (Å²) in [5.74, 6) is -0.104. The first-order valence-corrected chi connectivity index (χ1v) is 12.6. The second-order valence-corrected chi connectivity index (χ2v) is 10.7. The number of pyridine rings is 1. The first-order chi connectivity index (χ1) is 17.9. The van der Waals surface area contributed by atoms with Crippen LogP contribution >= 0.6 is 11.6 Å². The van der Waals surface area contributed by atoms with E-state index in [1.165, 1.54) is 19.2 Å². The molecule has 0 aliphatic rings. The predicted molar refractivity (Wildman–Crippen MR) is 145 cm³/mol. The molecule has 0 aliphatic heterocycles. The van der Waals surface area contributed by atoms with E-state index in [2.05, 4.69) is 10.3 Å². The maximum absolute atomic E-state index is 13.8. The zero-order valence-corrected chi connectivity index (χ0v) is 23.0. The van der Waals surface area contributed by atoms with E-state index >= 15 is 0 Å². The molecule has 1 heterocycles. The van der Waals surface area contributed by atoms with Crippen molar-refractivity contribution in [1.29, 1.82) is 0 Å². The molecule has 38 heavy (non-hydrogen) atoms. The maximum atomic E-state index is 13.8. The highest BCUT2D eigenvalue weighted by Crippen LogP contribution is 2.32. The molecule has 9 heteroatoms. The Bertz CT molecular complexity index is 1290. The number of hydrogen-bond donors (Lipinski definition) is 3. The topological polar surface area (TPSA) is 101 Å². The van der Waals surface area contributed by atoms with Crippen LogP contribution in [0.15, 0.2) is 48.5 Å². The molecule has 0 fully saturated rings. The van der Waals surface area contributed by atoms with E-state index in [0.29, 0.717) is 47.0 Å². The number of ether oxygens (including phenoxy) is 2. The zero-order chi connectivity index (χ0) is 28.1. The SMILES string of the molecule is COc1cc(C(=O)NCC(C)(O)c2cc(C(C)(C)C)cc(-c3ccc(F)c(Cl)c3)n2)ccc1OCCCO. The Hall–Kier alpha value is -3.20. The lowest BCUT2D eigenvalue weighted by Crippen LogP contribution is -2.39. The zero-order valence-electron chi connectivity index (χ0n) is 22.3. The molecule has 0 saturated carbocycles. The summed E-state index contributed by atoms with van der Waals surface area (Å²) in [6.45, 7) is 7.89. The van der Waals surface area contributed by atoms with Gasteiger partial charge in [-0.3, -0.25) is 4.79 Å². The number of nitrogens with zero attached hydrogens (tertiary/aromatic N) is 1. The number of nitrogens with one attached hydrogen (secondary N) is 1.